The summed E-state index contributed by atoms with van der Waals surface area (Å²) in [7, 11) is 0. The molecule has 0 unspecified atom stereocenters. The Kier molecular flexibility index (Phi) is 9.44. The van der Waals surface area contributed by atoms with Crippen LogP contribution in [0.25, 0.3) is 0 Å². The van der Waals surface area contributed by atoms with E-state index in [2.05, 4.69) is 20.9 Å². The summed E-state index contributed by atoms with van der Waals surface area (Å²) >= 11 is 3.23. The maximum atomic E-state index is 8.60. The van der Waals surface area contributed by atoms with Crippen LogP contribution in [-0.2, 0) is 6.61 Å². The maximum Gasteiger partial charge on any atom is 1.00 e. The van der Waals surface area contributed by atoms with E-state index in [-0.39, 0.29) is 44.6 Å². The first-order valence-corrected chi connectivity index (χ1v) is 3.32. The van der Waals surface area contributed by atoms with E-state index in [9.17, 15) is 0 Å². The van der Waals surface area contributed by atoms with Gasteiger partial charge in [-0.25, -0.2) is 0 Å². The van der Waals surface area contributed by atoms with E-state index < -0.39 is 0 Å². The molecule has 4 radical (unpaired) electrons. The van der Waals surface area contributed by atoms with Crippen molar-refractivity contribution in [1.29, 1.82) is 0 Å². The number of pyridine rings is 1. The van der Waals surface area contributed by atoms with Gasteiger partial charge >= 0.3 is 29.6 Å². The van der Waals surface area contributed by atoms with Crippen molar-refractivity contribution < 1.29 is 34.7 Å². The SMILES string of the molecule is OCc1cncc(Br)c1.[B-].[Na+]. The van der Waals surface area contributed by atoms with Crippen molar-refractivity contribution in [3.8, 4) is 0 Å². The van der Waals surface area contributed by atoms with Crippen LogP contribution in [0, 0.1) is 0 Å². The molecule has 0 saturated heterocycles. The Balaban J connectivity index is 0. The van der Waals surface area contributed by atoms with E-state index in [1.165, 1.54) is 0 Å². The van der Waals surface area contributed by atoms with Crippen LogP contribution in [0.2, 0.25) is 0 Å². The smallest absolute Gasteiger partial charge is 1.00 e. The Labute approximate surface area is 98.4 Å². The third-order valence-corrected chi connectivity index (χ3v) is 1.38. The zero-order valence-corrected chi connectivity index (χ0v) is 9.87. The first kappa shape index (κ1) is 14.2. The summed E-state index contributed by atoms with van der Waals surface area (Å²) in [6.07, 6.45) is 3.31. The first-order valence-electron chi connectivity index (χ1n) is 2.53. The molecule has 0 saturated carbocycles. The number of rotatable bonds is 1. The van der Waals surface area contributed by atoms with Crippen molar-refractivity contribution >= 4 is 24.3 Å². The Bertz CT molecular complexity index is 212. The normalized spacial score (nSPS) is 7.82. The molecule has 0 spiro atoms. The Morgan fingerprint density at radius 2 is 2.09 bits per heavy atom. The molecule has 0 amide bonds. The van der Waals surface area contributed by atoms with Crippen LogP contribution in [0.15, 0.2) is 22.9 Å². The molecule has 11 heavy (non-hydrogen) atoms. The topological polar surface area (TPSA) is 33.1 Å². The van der Waals surface area contributed by atoms with Crippen LogP contribution < -0.4 is 29.6 Å². The monoisotopic (exact) mass is 221 g/mol. The number of aliphatic hydroxyl groups excluding tert-OH is 1. The minimum absolute atomic E-state index is 0. The number of halogens is 1. The largest absolute Gasteiger partial charge is 1.00 e. The molecule has 1 N–H and O–H groups in total. The molecule has 1 aromatic rings. The molecule has 0 aliphatic rings. The first-order chi connectivity index (χ1) is 4.33. The minimum Gasteiger partial charge on any atom is -1.00 e. The van der Waals surface area contributed by atoms with Crippen molar-refractivity contribution in [3.05, 3.63) is 28.5 Å². The molecule has 0 aliphatic heterocycles. The molecule has 5 heteroatoms. The maximum absolute atomic E-state index is 8.60. The van der Waals surface area contributed by atoms with E-state index in [1.54, 1.807) is 12.4 Å². The molecule has 0 aromatic carbocycles. The van der Waals surface area contributed by atoms with Crippen LogP contribution >= 0.6 is 15.9 Å². The fraction of sp³-hybridized carbons (Fsp3) is 0.167. The molecule has 0 fully saturated rings. The second-order valence-corrected chi connectivity index (χ2v) is 2.59. The number of hydrogen-bond acceptors (Lipinski definition) is 2. The van der Waals surface area contributed by atoms with Crippen LogP contribution in [0.1, 0.15) is 5.56 Å². The molecular formula is C6H6BBrNNaO. The number of aliphatic hydroxyl groups is 1. The van der Waals surface area contributed by atoms with Crippen LogP contribution in [0.4, 0.5) is 0 Å². The molecular weight excluding hydrogens is 216 g/mol. The van der Waals surface area contributed by atoms with Crippen molar-refractivity contribution in [2.45, 2.75) is 6.61 Å². The predicted octanol–water partition coefficient (Wildman–Crippen LogP) is -2.04. The summed E-state index contributed by atoms with van der Waals surface area (Å²) in [5, 5.41) is 8.60. The second kappa shape index (κ2) is 7.31. The van der Waals surface area contributed by atoms with Crippen LogP contribution in [0.3, 0.4) is 0 Å². The Morgan fingerprint density at radius 3 is 2.45 bits per heavy atom. The van der Waals surface area contributed by atoms with Gasteiger partial charge in [-0.1, -0.05) is 0 Å². The average Bonchev–Trinajstić information content (AvgIpc) is 1.88. The number of nitrogens with zero attached hydrogens (tertiary/aromatic N) is 1. The van der Waals surface area contributed by atoms with Gasteiger partial charge in [0.05, 0.1) is 6.61 Å². The summed E-state index contributed by atoms with van der Waals surface area (Å²) in [6, 6.07) is 1.83. The van der Waals surface area contributed by atoms with Gasteiger partial charge in [0.2, 0.25) is 0 Å². The van der Waals surface area contributed by atoms with Crippen molar-refractivity contribution in [2.75, 3.05) is 0 Å². The number of aromatic nitrogens is 1. The van der Waals surface area contributed by atoms with Gasteiger partial charge in [0.15, 0.2) is 0 Å². The summed E-state index contributed by atoms with van der Waals surface area (Å²) in [4.78, 5) is 3.85. The molecule has 1 rings (SSSR count). The van der Waals surface area contributed by atoms with Gasteiger partial charge < -0.3 is 13.5 Å². The minimum atomic E-state index is 0. The van der Waals surface area contributed by atoms with Gasteiger partial charge in [0.25, 0.3) is 0 Å². The van der Waals surface area contributed by atoms with E-state index in [4.69, 9.17) is 5.11 Å². The molecule has 0 aliphatic carbocycles. The standard InChI is InChI=1S/C6H6BrNO.B.Na/c7-6-1-5(4-9)2-8-3-6;;/h1-3,9H,4H2;;/q;-1;+1. The summed E-state index contributed by atoms with van der Waals surface area (Å²) < 4.78 is 0.897. The Hall–Kier alpha value is 0.655. The van der Waals surface area contributed by atoms with Gasteiger partial charge in [-0.15, -0.1) is 0 Å². The quantitative estimate of drug-likeness (QED) is 0.555. The van der Waals surface area contributed by atoms with Crippen LogP contribution in [-0.4, -0.2) is 18.5 Å². The summed E-state index contributed by atoms with van der Waals surface area (Å²) in [5.74, 6) is 0. The van der Waals surface area contributed by atoms with Crippen molar-refractivity contribution in [3.63, 3.8) is 0 Å². The fourth-order valence-corrected chi connectivity index (χ4v) is 0.955. The molecule has 0 bridgehead atoms. The van der Waals surface area contributed by atoms with Crippen molar-refractivity contribution in [1.82, 2.24) is 4.98 Å². The third-order valence-electron chi connectivity index (χ3n) is 0.944. The van der Waals surface area contributed by atoms with Crippen molar-refractivity contribution in [2.24, 2.45) is 0 Å². The summed E-state index contributed by atoms with van der Waals surface area (Å²) in [5.41, 5.74) is 0.823. The van der Waals surface area contributed by atoms with Gasteiger partial charge in [0.1, 0.15) is 0 Å². The molecule has 0 atom stereocenters. The fourth-order valence-electron chi connectivity index (χ4n) is 0.542. The molecule has 2 nitrogen and oxygen atoms in total. The zero-order valence-electron chi connectivity index (χ0n) is 6.29. The van der Waals surface area contributed by atoms with Gasteiger partial charge in [-0.05, 0) is 27.6 Å². The van der Waals surface area contributed by atoms with Crippen LogP contribution in [0.5, 0.6) is 0 Å². The second-order valence-electron chi connectivity index (χ2n) is 1.67. The van der Waals surface area contributed by atoms with E-state index in [1.807, 2.05) is 6.07 Å². The zero-order chi connectivity index (χ0) is 6.69. The molecule has 1 aromatic heterocycles. The third kappa shape index (κ3) is 4.98. The number of hydrogen-bond donors (Lipinski definition) is 1. The van der Waals surface area contributed by atoms with E-state index >= 15 is 0 Å². The van der Waals surface area contributed by atoms with Gasteiger partial charge in [0, 0.05) is 16.9 Å². The summed E-state index contributed by atoms with van der Waals surface area (Å²) in [6.45, 7) is 0.0481. The van der Waals surface area contributed by atoms with E-state index in [0.717, 1.165) is 10.0 Å². The van der Waals surface area contributed by atoms with E-state index in [0.29, 0.717) is 0 Å². The van der Waals surface area contributed by atoms with Gasteiger partial charge in [-0.2, -0.15) is 0 Å². The predicted molar refractivity (Wildman–Crippen MR) is 43.6 cm³/mol. The Morgan fingerprint density at radius 1 is 1.45 bits per heavy atom. The average molecular weight is 222 g/mol. The van der Waals surface area contributed by atoms with Gasteiger partial charge in [-0.3, -0.25) is 4.98 Å². The molecule has 52 valence electrons. The molecule has 1 heterocycles.